The summed E-state index contributed by atoms with van der Waals surface area (Å²) >= 11 is 0. The highest BCUT2D eigenvalue weighted by molar-refractivity contribution is 5.75. The number of rotatable bonds is 2. The lowest BCUT2D eigenvalue weighted by molar-refractivity contribution is -0.152. The van der Waals surface area contributed by atoms with Gasteiger partial charge in [0.1, 0.15) is 6.61 Å². The van der Waals surface area contributed by atoms with E-state index in [9.17, 15) is 9.90 Å². The predicted molar refractivity (Wildman–Crippen MR) is 72.2 cm³/mol. The van der Waals surface area contributed by atoms with Crippen LogP contribution in [0.15, 0.2) is 23.8 Å². The molecule has 0 heterocycles. The highest BCUT2D eigenvalue weighted by Crippen LogP contribution is 2.54. The van der Waals surface area contributed by atoms with Gasteiger partial charge in [0.15, 0.2) is 0 Å². The Kier molecular flexibility index (Phi) is 2.86. The van der Waals surface area contributed by atoms with Crippen LogP contribution in [0.5, 0.6) is 0 Å². The van der Waals surface area contributed by atoms with E-state index in [1.165, 1.54) is 6.42 Å². The fourth-order valence-corrected chi connectivity index (χ4v) is 3.67. The van der Waals surface area contributed by atoms with Crippen molar-refractivity contribution in [2.45, 2.75) is 33.3 Å². The number of aliphatic hydroxyl groups excluding tert-OH is 1. The first-order valence-electron chi connectivity index (χ1n) is 7.12. The minimum Gasteiger partial charge on any atom is -0.461 e. The molecule has 0 aromatic rings. The molecule has 19 heavy (non-hydrogen) atoms. The van der Waals surface area contributed by atoms with Crippen LogP contribution in [-0.2, 0) is 9.53 Å². The summed E-state index contributed by atoms with van der Waals surface area (Å²) in [5.74, 6) is 1.66. The van der Waals surface area contributed by atoms with Crippen molar-refractivity contribution < 1.29 is 14.6 Å². The average molecular weight is 262 g/mol. The second kappa shape index (κ2) is 4.20. The summed E-state index contributed by atoms with van der Waals surface area (Å²) in [7, 11) is 0. The monoisotopic (exact) mass is 262 g/mol. The number of allylic oxidation sites excluding steroid dienone is 3. The van der Waals surface area contributed by atoms with E-state index >= 15 is 0 Å². The molecule has 0 unspecified atom stereocenters. The lowest BCUT2D eigenvalue weighted by Gasteiger charge is -2.24. The second-order valence-electron chi connectivity index (χ2n) is 7.12. The number of esters is 1. The van der Waals surface area contributed by atoms with Crippen molar-refractivity contribution in [2.24, 2.45) is 29.1 Å². The predicted octanol–water partition coefficient (Wildman–Crippen LogP) is 2.31. The molecule has 1 saturated carbocycles. The van der Waals surface area contributed by atoms with E-state index in [1.54, 1.807) is 0 Å². The van der Waals surface area contributed by atoms with E-state index in [2.05, 4.69) is 18.2 Å². The smallest absolute Gasteiger partial charge is 0.311 e. The highest BCUT2D eigenvalue weighted by Gasteiger charge is 2.51. The van der Waals surface area contributed by atoms with Gasteiger partial charge in [-0.25, -0.2) is 0 Å². The van der Waals surface area contributed by atoms with Crippen molar-refractivity contribution in [3.63, 3.8) is 0 Å². The summed E-state index contributed by atoms with van der Waals surface area (Å²) in [6.07, 6.45) is 7.42. The van der Waals surface area contributed by atoms with Crippen molar-refractivity contribution in [1.82, 2.24) is 0 Å². The zero-order valence-corrected chi connectivity index (χ0v) is 11.8. The highest BCUT2D eigenvalue weighted by atomic mass is 16.5. The molecule has 3 heteroatoms. The summed E-state index contributed by atoms with van der Waals surface area (Å²) in [6.45, 7) is 5.76. The van der Waals surface area contributed by atoms with E-state index < -0.39 is 11.5 Å². The van der Waals surface area contributed by atoms with Gasteiger partial charge in [-0.3, -0.25) is 4.79 Å². The molecule has 3 aliphatic rings. The molecule has 1 fully saturated rings. The lowest BCUT2D eigenvalue weighted by Crippen LogP contribution is -2.28. The SMILES string of the molecule is CC(C)(C)C(=O)OCC1=C[C@H]2[C@H]([C@@H]3C=C[C@H]2C3)[C@H]1O. The van der Waals surface area contributed by atoms with Crippen LogP contribution in [0.4, 0.5) is 0 Å². The molecule has 0 aliphatic heterocycles. The number of hydrogen-bond acceptors (Lipinski definition) is 3. The Hall–Kier alpha value is -1.09. The van der Waals surface area contributed by atoms with Crippen LogP contribution in [0.25, 0.3) is 0 Å². The van der Waals surface area contributed by atoms with Crippen molar-refractivity contribution in [3.8, 4) is 0 Å². The number of ether oxygens (including phenoxy) is 1. The van der Waals surface area contributed by atoms with Gasteiger partial charge in [-0.05, 0) is 50.5 Å². The van der Waals surface area contributed by atoms with Gasteiger partial charge in [0.2, 0.25) is 0 Å². The largest absolute Gasteiger partial charge is 0.461 e. The maximum absolute atomic E-state index is 11.8. The molecule has 2 bridgehead atoms. The topological polar surface area (TPSA) is 46.5 Å². The molecule has 3 aliphatic carbocycles. The second-order valence-corrected chi connectivity index (χ2v) is 7.12. The van der Waals surface area contributed by atoms with Crippen LogP contribution in [-0.4, -0.2) is 23.8 Å². The molecule has 0 aromatic carbocycles. The molecule has 3 rings (SSSR count). The Morgan fingerprint density at radius 3 is 2.68 bits per heavy atom. The minimum absolute atomic E-state index is 0.209. The quantitative estimate of drug-likeness (QED) is 0.613. The fraction of sp³-hybridized carbons (Fsp3) is 0.688. The van der Waals surface area contributed by atoms with Gasteiger partial charge < -0.3 is 9.84 Å². The summed E-state index contributed by atoms with van der Waals surface area (Å²) in [5.41, 5.74) is 0.409. The van der Waals surface area contributed by atoms with Crippen LogP contribution in [0.2, 0.25) is 0 Å². The number of aliphatic hydroxyl groups is 1. The van der Waals surface area contributed by atoms with E-state index in [0.29, 0.717) is 23.7 Å². The number of carbonyl (C=O) groups excluding carboxylic acids is 1. The minimum atomic E-state index is -0.486. The maximum atomic E-state index is 11.8. The molecular weight excluding hydrogens is 240 g/mol. The first kappa shape index (κ1) is 12.9. The normalized spacial score (nSPS) is 39.4. The van der Waals surface area contributed by atoms with Crippen LogP contribution >= 0.6 is 0 Å². The summed E-state index contributed by atoms with van der Waals surface area (Å²) in [4.78, 5) is 11.8. The Morgan fingerprint density at radius 1 is 1.37 bits per heavy atom. The van der Waals surface area contributed by atoms with Crippen LogP contribution in [0.3, 0.4) is 0 Å². The molecule has 0 aromatic heterocycles. The first-order valence-corrected chi connectivity index (χ1v) is 7.12. The maximum Gasteiger partial charge on any atom is 0.311 e. The molecule has 104 valence electrons. The van der Waals surface area contributed by atoms with Gasteiger partial charge in [-0.1, -0.05) is 18.2 Å². The molecule has 5 atom stereocenters. The number of carbonyl (C=O) groups is 1. The zero-order chi connectivity index (χ0) is 13.8. The molecule has 1 N–H and O–H groups in total. The van der Waals surface area contributed by atoms with Gasteiger partial charge in [-0.2, -0.15) is 0 Å². The van der Waals surface area contributed by atoms with E-state index in [1.807, 2.05) is 20.8 Å². The summed E-state index contributed by atoms with van der Waals surface area (Å²) in [6, 6.07) is 0. The number of hydrogen-bond donors (Lipinski definition) is 1. The average Bonchev–Trinajstić information content (AvgIpc) is 2.98. The Morgan fingerprint density at radius 2 is 2.05 bits per heavy atom. The van der Waals surface area contributed by atoms with Crippen LogP contribution < -0.4 is 0 Å². The molecule has 0 radical (unpaired) electrons. The van der Waals surface area contributed by atoms with Crippen LogP contribution in [0.1, 0.15) is 27.2 Å². The van der Waals surface area contributed by atoms with Crippen molar-refractivity contribution in [1.29, 1.82) is 0 Å². The third kappa shape index (κ3) is 2.04. The van der Waals surface area contributed by atoms with Crippen molar-refractivity contribution >= 4 is 5.97 Å². The Balaban J connectivity index is 1.65. The third-order valence-electron chi connectivity index (χ3n) is 4.72. The van der Waals surface area contributed by atoms with Crippen molar-refractivity contribution in [2.75, 3.05) is 6.61 Å². The Labute approximate surface area is 114 Å². The number of fused-ring (bicyclic) bond motifs is 5. The molecule has 0 amide bonds. The fourth-order valence-electron chi connectivity index (χ4n) is 3.67. The van der Waals surface area contributed by atoms with Gasteiger partial charge in [0.25, 0.3) is 0 Å². The van der Waals surface area contributed by atoms with Gasteiger partial charge in [0, 0.05) is 5.92 Å². The lowest BCUT2D eigenvalue weighted by atomic mass is 9.84. The Bertz CT molecular complexity index is 455. The zero-order valence-electron chi connectivity index (χ0n) is 11.8. The van der Waals surface area contributed by atoms with E-state index in [-0.39, 0.29) is 12.6 Å². The summed E-state index contributed by atoms with van der Waals surface area (Å²) in [5, 5.41) is 10.4. The molecule has 3 nitrogen and oxygen atoms in total. The first-order chi connectivity index (χ1) is 8.88. The standard InChI is InChI=1S/C16H22O3/c1-16(2,3)15(18)19-8-11-7-12-9-4-5-10(6-9)13(12)14(11)17/h4-5,7,9-10,12-14,17H,6,8H2,1-3H3/t9-,10+,12+,13-,14-/m0/s1. The summed E-state index contributed by atoms with van der Waals surface area (Å²) < 4.78 is 5.33. The molecule has 0 saturated heterocycles. The third-order valence-corrected chi connectivity index (χ3v) is 4.72. The van der Waals surface area contributed by atoms with Gasteiger partial charge in [-0.15, -0.1) is 0 Å². The van der Waals surface area contributed by atoms with Crippen LogP contribution in [0, 0.1) is 29.1 Å². The molecule has 0 spiro atoms. The van der Waals surface area contributed by atoms with E-state index in [4.69, 9.17) is 4.74 Å². The molecular formula is C16H22O3. The van der Waals surface area contributed by atoms with Crippen molar-refractivity contribution in [3.05, 3.63) is 23.8 Å². The van der Waals surface area contributed by atoms with Gasteiger partial charge in [0.05, 0.1) is 11.5 Å². The van der Waals surface area contributed by atoms with E-state index in [0.717, 1.165) is 5.57 Å². The van der Waals surface area contributed by atoms with Gasteiger partial charge >= 0.3 is 5.97 Å².